The molecule has 542 valence electrons. The predicted molar refractivity (Wildman–Crippen MR) is 372 cm³/mol. The summed E-state index contributed by atoms with van der Waals surface area (Å²) < 4.78 is 68.3. The SMILES string of the molecule is CCCCCC/C=C\C=C/CCCCCCCC(=O)OC[C@H](COP(=O)(O)OC[C@@H](O)COP(=O)(O)OC[C@@H](COC(=O)CCCCCCCCC(C)CC)OC(=O)CCCCCCCCCCCCCCCCC(C)C)OC(=O)CCCCCCCCCC(C)C. The molecular weight excluding hydrogens is 1210 g/mol. The minimum atomic E-state index is -4.96. The van der Waals surface area contributed by atoms with Gasteiger partial charge in [0.1, 0.15) is 19.3 Å². The summed E-state index contributed by atoms with van der Waals surface area (Å²) in [6.07, 6.45) is 50.9. The maximum Gasteiger partial charge on any atom is 0.472 e. The molecule has 0 fully saturated rings. The summed E-state index contributed by atoms with van der Waals surface area (Å²) in [7, 11) is -9.92. The molecule has 0 heterocycles. The number of carbonyl (C=O) groups is 4. The lowest BCUT2D eigenvalue weighted by atomic mass is 10.00. The molecule has 0 aliphatic carbocycles. The second-order valence-corrected chi connectivity index (χ2v) is 29.7. The third-order valence-electron chi connectivity index (χ3n) is 16.6. The van der Waals surface area contributed by atoms with Crippen LogP contribution >= 0.6 is 15.6 Å². The average molecular weight is 1350 g/mol. The Morgan fingerprint density at radius 2 is 0.641 bits per heavy atom. The lowest BCUT2D eigenvalue weighted by Crippen LogP contribution is -2.30. The van der Waals surface area contributed by atoms with Crippen LogP contribution in [0.1, 0.15) is 344 Å². The molecule has 0 amide bonds. The monoisotopic (exact) mass is 1350 g/mol. The molecule has 3 N–H and O–H groups in total. The Morgan fingerprint density at radius 3 is 0.967 bits per heavy atom. The van der Waals surface area contributed by atoms with E-state index in [-0.39, 0.29) is 25.7 Å². The summed E-state index contributed by atoms with van der Waals surface area (Å²) in [4.78, 5) is 72.6. The van der Waals surface area contributed by atoms with Crippen molar-refractivity contribution in [1.29, 1.82) is 0 Å². The van der Waals surface area contributed by atoms with Gasteiger partial charge < -0.3 is 33.8 Å². The topological polar surface area (TPSA) is 237 Å². The quantitative estimate of drug-likeness (QED) is 0.0169. The van der Waals surface area contributed by atoms with E-state index in [4.69, 9.17) is 37.0 Å². The highest BCUT2D eigenvalue weighted by atomic mass is 31.2. The molecule has 0 aliphatic rings. The number of aliphatic hydroxyl groups excluding tert-OH is 1. The van der Waals surface area contributed by atoms with Gasteiger partial charge in [-0.05, 0) is 69.1 Å². The summed E-state index contributed by atoms with van der Waals surface area (Å²) in [5.41, 5.74) is 0. The van der Waals surface area contributed by atoms with Gasteiger partial charge in [-0.2, -0.15) is 0 Å². The molecule has 19 heteroatoms. The maximum absolute atomic E-state index is 13.0. The van der Waals surface area contributed by atoms with Crippen molar-refractivity contribution in [3.05, 3.63) is 24.3 Å². The molecule has 0 aliphatic heterocycles. The van der Waals surface area contributed by atoms with Crippen LogP contribution in [0.4, 0.5) is 0 Å². The van der Waals surface area contributed by atoms with Gasteiger partial charge in [-0.25, -0.2) is 9.13 Å². The van der Waals surface area contributed by atoms with Crippen LogP contribution in [0.2, 0.25) is 0 Å². The Labute approximate surface area is 561 Å². The van der Waals surface area contributed by atoms with Gasteiger partial charge in [0.05, 0.1) is 26.4 Å². The first kappa shape index (κ1) is 89.5. The first-order chi connectivity index (χ1) is 44.3. The number of rotatable bonds is 69. The van der Waals surface area contributed by atoms with Crippen molar-refractivity contribution in [2.45, 2.75) is 362 Å². The van der Waals surface area contributed by atoms with E-state index in [1.54, 1.807) is 0 Å². The van der Waals surface area contributed by atoms with Crippen molar-refractivity contribution >= 4 is 39.5 Å². The van der Waals surface area contributed by atoms with Crippen LogP contribution in [-0.4, -0.2) is 96.7 Å². The summed E-state index contributed by atoms with van der Waals surface area (Å²) in [6.45, 7) is 11.7. The van der Waals surface area contributed by atoms with Crippen molar-refractivity contribution in [3.63, 3.8) is 0 Å². The Kier molecular flexibility index (Phi) is 61.6. The molecular formula is C73H138O17P2. The number of hydrogen-bond donors (Lipinski definition) is 3. The number of esters is 4. The highest BCUT2D eigenvalue weighted by Gasteiger charge is 2.30. The Bertz CT molecular complexity index is 1900. The Balaban J connectivity index is 5.25. The molecule has 6 atom stereocenters. The summed E-state index contributed by atoms with van der Waals surface area (Å²) >= 11 is 0. The van der Waals surface area contributed by atoms with Gasteiger partial charge in [0, 0.05) is 25.7 Å². The van der Waals surface area contributed by atoms with Crippen LogP contribution < -0.4 is 0 Å². The fourth-order valence-electron chi connectivity index (χ4n) is 10.5. The standard InChI is InChI=1S/C73H138O17P2/c1-8-10-11-12-13-14-15-16-17-21-24-27-32-40-47-54-70(75)83-60-68(90-73(78)57-50-43-34-29-31-38-45-52-65(5)6)62-87-91(79,80)85-58-67(74)59-86-92(81,82)88-63-69(61-84-71(76)55-48-41-36-35-39-46-53-66(7)9-2)89-72(77)56-49-42-33-28-25-22-19-18-20-23-26-30-37-44-51-64(3)4/h14-17,64-69,74H,8-13,18-63H2,1-7H3,(H,79,80)(H,81,82)/b15-14-,17-16-/t66?,67-,68-,69-/m1/s1. The number of unbranched alkanes of at least 4 members (excludes halogenated alkanes) is 33. The molecule has 0 saturated carbocycles. The molecule has 17 nitrogen and oxygen atoms in total. The maximum atomic E-state index is 13.0. The van der Waals surface area contributed by atoms with Crippen LogP contribution in [0.3, 0.4) is 0 Å². The van der Waals surface area contributed by atoms with Crippen LogP contribution in [-0.2, 0) is 65.4 Å². The van der Waals surface area contributed by atoms with E-state index >= 15 is 0 Å². The third-order valence-corrected chi connectivity index (χ3v) is 18.5. The first-order valence-electron chi connectivity index (χ1n) is 37.2. The van der Waals surface area contributed by atoms with E-state index in [0.29, 0.717) is 31.6 Å². The predicted octanol–water partition coefficient (Wildman–Crippen LogP) is 20.6. The molecule has 3 unspecified atom stereocenters. The zero-order chi connectivity index (χ0) is 68.0. The van der Waals surface area contributed by atoms with E-state index < -0.39 is 97.5 Å². The fraction of sp³-hybridized carbons (Fsp3) is 0.890. The molecule has 0 saturated heterocycles. The van der Waals surface area contributed by atoms with E-state index in [1.165, 1.54) is 128 Å². The number of ether oxygens (including phenoxy) is 4. The van der Waals surface area contributed by atoms with Gasteiger partial charge >= 0.3 is 39.5 Å². The number of phosphoric acid groups is 2. The number of hydrogen-bond acceptors (Lipinski definition) is 15. The highest BCUT2D eigenvalue weighted by Crippen LogP contribution is 2.45. The van der Waals surface area contributed by atoms with Crippen molar-refractivity contribution in [2.75, 3.05) is 39.6 Å². The molecule has 0 aromatic heterocycles. The van der Waals surface area contributed by atoms with Gasteiger partial charge in [0.25, 0.3) is 0 Å². The normalized spacial score (nSPS) is 14.6. The minimum Gasteiger partial charge on any atom is -0.462 e. The zero-order valence-corrected chi connectivity index (χ0v) is 61.3. The van der Waals surface area contributed by atoms with Crippen molar-refractivity contribution in [2.24, 2.45) is 17.8 Å². The van der Waals surface area contributed by atoms with E-state index in [9.17, 15) is 43.2 Å². The van der Waals surface area contributed by atoms with Crippen LogP contribution in [0, 0.1) is 17.8 Å². The molecule has 0 radical (unpaired) electrons. The Hall–Kier alpha value is -2.46. The van der Waals surface area contributed by atoms with Crippen LogP contribution in [0.25, 0.3) is 0 Å². The molecule has 0 bridgehead atoms. The second-order valence-electron chi connectivity index (χ2n) is 26.8. The van der Waals surface area contributed by atoms with Gasteiger partial charge in [-0.3, -0.25) is 37.3 Å². The van der Waals surface area contributed by atoms with E-state index in [0.717, 1.165) is 127 Å². The van der Waals surface area contributed by atoms with E-state index in [1.807, 2.05) is 0 Å². The number of allylic oxidation sites excluding steroid dienone is 4. The molecule has 0 spiro atoms. The largest absolute Gasteiger partial charge is 0.472 e. The van der Waals surface area contributed by atoms with Gasteiger partial charge in [0.2, 0.25) is 0 Å². The van der Waals surface area contributed by atoms with Crippen LogP contribution in [0.5, 0.6) is 0 Å². The number of phosphoric ester groups is 2. The number of carbonyl (C=O) groups excluding carboxylic acids is 4. The van der Waals surface area contributed by atoms with Crippen molar-refractivity contribution in [1.82, 2.24) is 0 Å². The lowest BCUT2D eigenvalue weighted by Gasteiger charge is -2.21. The average Bonchev–Trinajstić information content (AvgIpc) is 1.57. The summed E-state index contributed by atoms with van der Waals surface area (Å²) in [5.74, 6) is 0.0589. The molecule has 92 heavy (non-hydrogen) atoms. The lowest BCUT2D eigenvalue weighted by molar-refractivity contribution is -0.161. The summed E-state index contributed by atoms with van der Waals surface area (Å²) in [6, 6.07) is 0. The highest BCUT2D eigenvalue weighted by molar-refractivity contribution is 7.47. The first-order valence-corrected chi connectivity index (χ1v) is 40.2. The van der Waals surface area contributed by atoms with E-state index in [2.05, 4.69) is 72.8 Å². The molecule has 0 rings (SSSR count). The van der Waals surface area contributed by atoms with Crippen molar-refractivity contribution < 1.29 is 80.2 Å². The van der Waals surface area contributed by atoms with Crippen LogP contribution in [0.15, 0.2) is 24.3 Å². The fourth-order valence-corrected chi connectivity index (χ4v) is 12.1. The molecule has 0 aromatic carbocycles. The third kappa shape index (κ3) is 64.9. The smallest absolute Gasteiger partial charge is 0.462 e. The molecule has 0 aromatic rings. The van der Waals surface area contributed by atoms with Gasteiger partial charge in [-0.1, -0.05) is 291 Å². The Morgan fingerprint density at radius 1 is 0.359 bits per heavy atom. The van der Waals surface area contributed by atoms with Crippen molar-refractivity contribution in [3.8, 4) is 0 Å². The second kappa shape index (κ2) is 63.3. The van der Waals surface area contributed by atoms with Gasteiger partial charge in [-0.15, -0.1) is 0 Å². The minimum absolute atomic E-state index is 0.0962. The zero-order valence-electron chi connectivity index (χ0n) is 59.5. The summed E-state index contributed by atoms with van der Waals surface area (Å²) in [5, 5.41) is 10.6. The van der Waals surface area contributed by atoms with Gasteiger partial charge in [0.15, 0.2) is 12.2 Å². The number of aliphatic hydroxyl groups is 1.